The van der Waals surface area contributed by atoms with Crippen molar-refractivity contribution < 1.29 is 23.8 Å². The number of rotatable bonds is 8. The largest absolute Gasteiger partial charge is 0.449 e. The Balaban J connectivity index is 4.02. The normalized spacial score (nSPS) is 9.94. The minimum Gasteiger partial charge on any atom is -0.449 e. The average Bonchev–Trinajstić information content (AvgIpc) is 2.35. The highest BCUT2D eigenvalue weighted by Crippen LogP contribution is 1.94. The molecular formula is C10H21N3O5. The fourth-order valence-electron chi connectivity index (χ4n) is 1.03. The number of imide groups is 1. The zero-order valence-electron chi connectivity index (χ0n) is 10.8. The van der Waals surface area contributed by atoms with E-state index in [4.69, 9.17) is 19.9 Å². The first-order valence-corrected chi connectivity index (χ1v) is 5.66. The predicted octanol–water partition coefficient (Wildman–Crippen LogP) is -0.266. The first-order chi connectivity index (χ1) is 8.67. The van der Waals surface area contributed by atoms with Crippen LogP contribution < -0.4 is 11.1 Å². The molecule has 0 radical (unpaired) electrons. The molecule has 0 spiro atoms. The van der Waals surface area contributed by atoms with E-state index in [1.54, 1.807) is 14.0 Å². The van der Waals surface area contributed by atoms with E-state index in [1.165, 1.54) is 0 Å². The van der Waals surface area contributed by atoms with E-state index in [0.717, 1.165) is 4.90 Å². The molecule has 0 aromatic carbocycles. The monoisotopic (exact) mass is 263 g/mol. The van der Waals surface area contributed by atoms with Gasteiger partial charge < -0.3 is 25.3 Å². The molecule has 0 fully saturated rings. The Bertz CT molecular complexity index is 250. The van der Waals surface area contributed by atoms with Crippen LogP contribution in [0.15, 0.2) is 0 Å². The van der Waals surface area contributed by atoms with Crippen molar-refractivity contribution in [2.45, 2.75) is 6.92 Å². The molecule has 0 aliphatic rings. The fraction of sp³-hybridized carbons (Fsp3) is 0.800. The Morgan fingerprint density at radius 1 is 1.33 bits per heavy atom. The highest BCUT2D eigenvalue weighted by molar-refractivity contribution is 5.90. The van der Waals surface area contributed by atoms with Gasteiger partial charge in [-0.3, -0.25) is 0 Å². The molecule has 0 aromatic heterocycles. The summed E-state index contributed by atoms with van der Waals surface area (Å²) < 4.78 is 14.5. The van der Waals surface area contributed by atoms with Crippen LogP contribution in [0.5, 0.6) is 0 Å². The number of amides is 3. The minimum atomic E-state index is -0.725. The number of carbonyl (C=O) groups excluding carboxylic acids is 2. The summed E-state index contributed by atoms with van der Waals surface area (Å²) in [4.78, 5) is 24.0. The number of ether oxygens (including phenoxy) is 3. The van der Waals surface area contributed by atoms with Crippen molar-refractivity contribution in [3.63, 3.8) is 0 Å². The van der Waals surface area contributed by atoms with E-state index in [9.17, 15) is 9.59 Å². The molecule has 8 nitrogen and oxygen atoms in total. The number of hydrogen-bond donors (Lipinski definition) is 2. The maximum Gasteiger partial charge on any atom is 0.418 e. The first-order valence-electron chi connectivity index (χ1n) is 5.66. The molecule has 0 heterocycles. The van der Waals surface area contributed by atoms with Crippen molar-refractivity contribution in [2.75, 3.05) is 46.8 Å². The molecule has 0 saturated carbocycles. The van der Waals surface area contributed by atoms with Crippen molar-refractivity contribution in [3.05, 3.63) is 0 Å². The maximum atomic E-state index is 11.6. The molecule has 0 atom stereocenters. The van der Waals surface area contributed by atoms with Gasteiger partial charge in [-0.2, -0.15) is 0 Å². The molecule has 0 aliphatic carbocycles. The van der Waals surface area contributed by atoms with Gasteiger partial charge in [-0.1, -0.05) is 0 Å². The summed E-state index contributed by atoms with van der Waals surface area (Å²) in [6, 6.07) is -0.601. The lowest BCUT2D eigenvalue weighted by Crippen LogP contribution is -2.47. The van der Waals surface area contributed by atoms with Gasteiger partial charge in [0, 0.05) is 20.2 Å². The molecule has 0 unspecified atom stereocenters. The predicted molar refractivity (Wildman–Crippen MR) is 64.0 cm³/mol. The van der Waals surface area contributed by atoms with Crippen LogP contribution in [0.25, 0.3) is 0 Å². The van der Waals surface area contributed by atoms with Crippen LogP contribution in [-0.2, 0) is 14.2 Å². The second-order valence-electron chi connectivity index (χ2n) is 3.17. The highest BCUT2D eigenvalue weighted by Gasteiger charge is 2.21. The Morgan fingerprint density at radius 3 is 2.61 bits per heavy atom. The molecule has 0 saturated heterocycles. The van der Waals surface area contributed by atoms with Crippen molar-refractivity contribution in [1.82, 2.24) is 10.2 Å². The molecule has 0 bridgehead atoms. The van der Waals surface area contributed by atoms with Gasteiger partial charge in [0.05, 0.1) is 19.8 Å². The van der Waals surface area contributed by atoms with Crippen molar-refractivity contribution >= 4 is 12.1 Å². The van der Waals surface area contributed by atoms with Crippen LogP contribution in [0.3, 0.4) is 0 Å². The Morgan fingerprint density at radius 2 is 2.06 bits per heavy atom. The van der Waals surface area contributed by atoms with Gasteiger partial charge in [0.15, 0.2) is 0 Å². The summed E-state index contributed by atoms with van der Waals surface area (Å²) in [7, 11) is 1.55. The number of hydrogen-bond acceptors (Lipinski definition) is 6. The zero-order chi connectivity index (χ0) is 13.8. The molecule has 0 aromatic rings. The summed E-state index contributed by atoms with van der Waals surface area (Å²) in [6.07, 6.45) is -0.725. The van der Waals surface area contributed by atoms with Crippen LogP contribution in [0.2, 0.25) is 0 Å². The van der Waals surface area contributed by atoms with Crippen LogP contribution in [0.4, 0.5) is 9.59 Å². The van der Waals surface area contributed by atoms with E-state index >= 15 is 0 Å². The number of urea groups is 1. The number of nitrogens with one attached hydrogen (secondary N) is 1. The van der Waals surface area contributed by atoms with Gasteiger partial charge >= 0.3 is 12.1 Å². The van der Waals surface area contributed by atoms with E-state index in [2.05, 4.69) is 5.32 Å². The van der Waals surface area contributed by atoms with Gasteiger partial charge in [0.25, 0.3) is 0 Å². The van der Waals surface area contributed by atoms with Crippen molar-refractivity contribution in [2.24, 2.45) is 5.73 Å². The number of methoxy groups -OCH3 is 1. The Kier molecular flexibility index (Phi) is 9.93. The average molecular weight is 263 g/mol. The molecule has 3 N–H and O–H groups in total. The van der Waals surface area contributed by atoms with Gasteiger partial charge in [-0.05, 0) is 6.92 Å². The minimum absolute atomic E-state index is 0.0112. The van der Waals surface area contributed by atoms with Gasteiger partial charge in [-0.15, -0.1) is 0 Å². The molecule has 18 heavy (non-hydrogen) atoms. The summed E-state index contributed by atoms with van der Waals surface area (Å²) in [6.45, 7) is 2.87. The summed E-state index contributed by atoms with van der Waals surface area (Å²) >= 11 is 0. The summed E-state index contributed by atoms with van der Waals surface area (Å²) in [5.74, 6) is 0. The van der Waals surface area contributed by atoms with Gasteiger partial charge in [0.2, 0.25) is 0 Å². The number of carbonyl (C=O) groups is 2. The number of nitrogens with two attached hydrogens (primary N) is 1. The molecular weight excluding hydrogens is 242 g/mol. The van der Waals surface area contributed by atoms with Crippen LogP contribution in [-0.4, -0.2) is 63.8 Å². The molecule has 0 aliphatic heterocycles. The SMILES string of the molecule is CCOC(=O)N(CCN)C(=O)NCOCCOC. The zero-order valence-corrected chi connectivity index (χ0v) is 10.8. The van der Waals surface area contributed by atoms with Gasteiger partial charge in [-0.25, -0.2) is 14.5 Å². The topological polar surface area (TPSA) is 103 Å². The summed E-state index contributed by atoms with van der Waals surface area (Å²) in [5.41, 5.74) is 5.32. The van der Waals surface area contributed by atoms with E-state index in [-0.39, 0.29) is 26.4 Å². The van der Waals surface area contributed by atoms with Crippen LogP contribution >= 0.6 is 0 Å². The second kappa shape index (κ2) is 10.8. The Labute approximate surface area is 106 Å². The summed E-state index contributed by atoms with van der Waals surface area (Å²) in [5, 5.41) is 2.42. The fourth-order valence-corrected chi connectivity index (χ4v) is 1.03. The number of nitrogens with zero attached hydrogens (tertiary/aromatic N) is 1. The van der Waals surface area contributed by atoms with E-state index in [0.29, 0.717) is 13.2 Å². The standard InChI is InChI=1S/C10H21N3O5/c1-3-18-10(15)13(5-4-11)9(14)12-8-17-7-6-16-2/h3-8,11H2,1-2H3,(H,12,14). The highest BCUT2D eigenvalue weighted by atomic mass is 16.6. The van der Waals surface area contributed by atoms with E-state index < -0.39 is 12.1 Å². The van der Waals surface area contributed by atoms with Crippen molar-refractivity contribution in [1.29, 1.82) is 0 Å². The third-order valence-electron chi connectivity index (χ3n) is 1.84. The van der Waals surface area contributed by atoms with Crippen LogP contribution in [0, 0.1) is 0 Å². The van der Waals surface area contributed by atoms with E-state index in [1.807, 2.05) is 0 Å². The smallest absolute Gasteiger partial charge is 0.418 e. The quantitative estimate of drug-likeness (QED) is 0.461. The first kappa shape index (κ1) is 16.6. The molecule has 8 heteroatoms. The maximum absolute atomic E-state index is 11.6. The van der Waals surface area contributed by atoms with Gasteiger partial charge in [0.1, 0.15) is 6.73 Å². The third-order valence-corrected chi connectivity index (χ3v) is 1.84. The third kappa shape index (κ3) is 7.05. The lowest BCUT2D eigenvalue weighted by Gasteiger charge is -2.19. The van der Waals surface area contributed by atoms with Crippen molar-refractivity contribution in [3.8, 4) is 0 Å². The second-order valence-corrected chi connectivity index (χ2v) is 3.17. The Hall–Kier alpha value is -1.38. The molecule has 106 valence electrons. The molecule has 0 rings (SSSR count). The lowest BCUT2D eigenvalue weighted by atomic mass is 10.5. The molecule has 3 amide bonds. The lowest BCUT2D eigenvalue weighted by molar-refractivity contribution is 0.0606. The van der Waals surface area contributed by atoms with Crippen LogP contribution in [0.1, 0.15) is 6.92 Å².